The normalized spacial score (nSPS) is 18.9. The van der Waals surface area contributed by atoms with E-state index in [0.717, 1.165) is 27.9 Å². The van der Waals surface area contributed by atoms with Gasteiger partial charge in [0, 0.05) is 11.9 Å². The van der Waals surface area contributed by atoms with Crippen molar-refractivity contribution in [2.75, 3.05) is 7.05 Å². The molecule has 1 fully saturated rings. The molecular formula is C13H17BrN2O2S2. The van der Waals surface area contributed by atoms with Gasteiger partial charge in [0.25, 0.3) is 0 Å². The van der Waals surface area contributed by atoms with Crippen molar-refractivity contribution in [2.45, 2.75) is 49.5 Å². The third-order valence-corrected chi connectivity index (χ3v) is 7.71. The number of hydrogen-bond donors (Lipinski definition) is 0. The molecule has 0 aromatic carbocycles. The maximum absolute atomic E-state index is 12.8. The zero-order valence-corrected chi connectivity index (χ0v) is 14.7. The van der Waals surface area contributed by atoms with Crippen LogP contribution in [0.4, 0.5) is 0 Å². The summed E-state index contributed by atoms with van der Waals surface area (Å²) in [4.78, 5) is 1.05. The summed E-state index contributed by atoms with van der Waals surface area (Å²) in [6, 6.07) is 3.88. The van der Waals surface area contributed by atoms with Crippen LogP contribution in [0.5, 0.6) is 0 Å². The highest BCUT2D eigenvalue weighted by atomic mass is 79.9. The van der Waals surface area contributed by atoms with Gasteiger partial charge in [-0.3, -0.25) is 0 Å². The Balaban J connectivity index is 2.43. The lowest BCUT2D eigenvalue weighted by Gasteiger charge is -2.37. The summed E-state index contributed by atoms with van der Waals surface area (Å²) in [7, 11) is -2.09. The van der Waals surface area contributed by atoms with Gasteiger partial charge in [-0.05, 0) is 41.8 Å². The lowest BCUT2D eigenvalue weighted by molar-refractivity contribution is 0.212. The Morgan fingerprint density at radius 3 is 2.45 bits per heavy atom. The largest absolute Gasteiger partial charge is 0.245 e. The average Bonchev–Trinajstić information content (AvgIpc) is 2.78. The average molecular weight is 377 g/mol. The molecule has 1 aromatic heterocycles. The highest BCUT2D eigenvalue weighted by Crippen LogP contribution is 2.38. The van der Waals surface area contributed by atoms with E-state index >= 15 is 0 Å². The van der Waals surface area contributed by atoms with Crippen LogP contribution in [0.2, 0.25) is 0 Å². The number of nitrogens with zero attached hydrogens (tertiary/aromatic N) is 2. The van der Waals surface area contributed by atoms with Gasteiger partial charge in [-0.1, -0.05) is 19.3 Å². The van der Waals surface area contributed by atoms with Crippen molar-refractivity contribution in [3.05, 3.63) is 14.7 Å². The molecular weight excluding hydrogens is 360 g/mol. The number of sulfonamides is 1. The maximum Gasteiger partial charge on any atom is 0.245 e. The molecule has 0 spiro atoms. The van der Waals surface area contributed by atoms with Crippen molar-refractivity contribution in [1.82, 2.24) is 4.31 Å². The number of aryl methyl sites for hydroxylation is 1. The van der Waals surface area contributed by atoms with Crippen LogP contribution < -0.4 is 0 Å². The Morgan fingerprint density at radius 1 is 1.40 bits per heavy atom. The topological polar surface area (TPSA) is 61.2 Å². The van der Waals surface area contributed by atoms with E-state index in [9.17, 15) is 13.7 Å². The van der Waals surface area contributed by atoms with Gasteiger partial charge in [0.15, 0.2) is 0 Å². The van der Waals surface area contributed by atoms with Crippen LogP contribution in [-0.4, -0.2) is 25.3 Å². The zero-order chi connectivity index (χ0) is 15.0. The van der Waals surface area contributed by atoms with Crippen LogP contribution in [0.25, 0.3) is 0 Å². The predicted molar refractivity (Wildman–Crippen MR) is 83.1 cm³/mol. The third kappa shape index (κ3) is 2.67. The first-order chi connectivity index (χ1) is 9.33. The molecule has 0 unspecified atom stereocenters. The SMILES string of the molecule is Cc1sc(Br)cc1S(=O)(=O)N(C)C1(C#N)CCCCC1. The molecule has 0 bridgehead atoms. The van der Waals surface area contributed by atoms with E-state index in [0.29, 0.717) is 17.7 Å². The van der Waals surface area contributed by atoms with Gasteiger partial charge in [-0.25, -0.2) is 8.42 Å². The molecule has 1 aliphatic carbocycles. The Bertz CT molecular complexity index is 640. The first-order valence-electron chi connectivity index (χ1n) is 6.50. The fourth-order valence-corrected chi connectivity index (χ4v) is 6.56. The minimum absolute atomic E-state index is 0.303. The number of halogens is 1. The summed E-state index contributed by atoms with van der Waals surface area (Å²) in [5, 5.41) is 9.53. The van der Waals surface area contributed by atoms with Crippen LogP contribution >= 0.6 is 27.3 Å². The molecule has 1 aromatic rings. The van der Waals surface area contributed by atoms with E-state index in [1.165, 1.54) is 22.7 Å². The number of nitriles is 1. The van der Waals surface area contributed by atoms with Crippen LogP contribution in [0, 0.1) is 18.3 Å². The second-order valence-electron chi connectivity index (χ2n) is 5.15. The molecule has 0 N–H and O–H groups in total. The van der Waals surface area contributed by atoms with Gasteiger partial charge in [0.2, 0.25) is 10.0 Å². The monoisotopic (exact) mass is 376 g/mol. The first kappa shape index (κ1) is 16.0. The smallest absolute Gasteiger partial charge is 0.207 e. The van der Waals surface area contributed by atoms with E-state index in [4.69, 9.17) is 0 Å². The van der Waals surface area contributed by atoms with Gasteiger partial charge in [-0.2, -0.15) is 9.57 Å². The summed E-state index contributed by atoms with van der Waals surface area (Å²) in [5.74, 6) is 0. The summed E-state index contributed by atoms with van der Waals surface area (Å²) < 4.78 is 27.7. The highest BCUT2D eigenvalue weighted by molar-refractivity contribution is 9.11. The lowest BCUT2D eigenvalue weighted by Crippen LogP contribution is -2.49. The van der Waals surface area contributed by atoms with E-state index in [-0.39, 0.29) is 0 Å². The van der Waals surface area contributed by atoms with Crippen molar-refractivity contribution >= 4 is 37.3 Å². The Morgan fingerprint density at radius 2 is 2.00 bits per heavy atom. The fourth-order valence-electron chi connectivity index (χ4n) is 2.70. The maximum atomic E-state index is 12.8. The summed E-state index contributed by atoms with van der Waals surface area (Å²) in [5.41, 5.74) is -0.891. The van der Waals surface area contributed by atoms with Crippen molar-refractivity contribution in [1.29, 1.82) is 5.26 Å². The van der Waals surface area contributed by atoms with Gasteiger partial charge >= 0.3 is 0 Å². The molecule has 0 aliphatic heterocycles. The standard InChI is InChI=1S/C13H17BrN2O2S2/c1-10-11(8-12(14)19-10)20(17,18)16(2)13(9-15)6-4-3-5-7-13/h8H,3-7H2,1-2H3. The van der Waals surface area contributed by atoms with Gasteiger partial charge in [-0.15, -0.1) is 11.3 Å². The molecule has 0 amide bonds. The van der Waals surface area contributed by atoms with Crippen molar-refractivity contribution in [2.24, 2.45) is 0 Å². The second kappa shape index (κ2) is 5.76. The van der Waals surface area contributed by atoms with Gasteiger partial charge in [0.1, 0.15) is 5.54 Å². The number of hydrogen-bond acceptors (Lipinski definition) is 4. The minimum atomic E-state index is -3.63. The first-order valence-corrected chi connectivity index (χ1v) is 9.55. The van der Waals surface area contributed by atoms with E-state index in [1.54, 1.807) is 13.0 Å². The van der Waals surface area contributed by atoms with Crippen LogP contribution in [0.3, 0.4) is 0 Å². The molecule has 110 valence electrons. The molecule has 1 heterocycles. The summed E-state index contributed by atoms with van der Waals surface area (Å²) >= 11 is 4.72. The van der Waals surface area contributed by atoms with Crippen LogP contribution in [0.15, 0.2) is 14.7 Å². The number of rotatable bonds is 3. The Hall–Kier alpha value is -0.420. The van der Waals surface area contributed by atoms with E-state index < -0.39 is 15.6 Å². The van der Waals surface area contributed by atoms with Gasteiger partial charge in [0.05, 0.1) is 14.8 Å². The predicted octanol–water partition coefficient (Wildman–Crippen LogP) is 3.67. The summed E-state index contributed by atoms with van der Waals surface area (Å²) in [6.45, 7) is 1.79. The molecule has 0 radical (unpaired) electrons. The molecule has 1 aliphatic rings. The fraction of sp³-hybridized carbons (Fsp3) is 0.615. The summed E-state index contributed by atoms with van der Waals surface area (Å²) in [6.07, 6.45) is 4.10. The molecule has 4 nitrogen and oxygen atoms in total. The minimum Gasteiger partial charge on any atom is -0.207 e. The Labute approximate surface area is 132 Å². The van der Waals surface area contributed by atoms with Gasteiger partial charge < -0.3 is 0 Å². The van der Waals surface area contributed by atoms with E-state index in [1.807, 2.05) is 0 Å². The molecule has 7 heteroatoms. The number of thiophene rings is 1. The van der Waals surface area contributed by atoms with Crippen LogP contribution in [-0.2, 0) is 10.0 Å². The van der Waals surface area contributed by atoms with Crippen molar-refractivity contribution in [3.8, 4) is 6.07 Å². The van der Waals surface area contributed by atoms with Crippen molar-refractivity contribution in [3.63, 3.8) is 0 Å². The molecule has 0 saturated heterocycles. The Kier molecular flexibility index (Phi) is 4.59. The van der Waals surface area contributed by atoms with Crippen LogP contribution in [0.1, 0.15) is 37.0 Å². The molecule has 2 rings (SSSR count). The van der Waals surface area contributed by atoms with Crippen molar-refractivity contribution < 1.29 is 8.42 Å². The lowest BCUT2D eigenvalue weighted by atomic mass is 9.83. The molecule has 0 atom stereocenters. The highest BCUT2D eigenvalue weighted by Gasteiger charge is 2.43. The van der Waals surface area contributed by atoms with E-state index in [2.05, 4.69) is 22.0 Å². The molecule has 20 heavy (non-hydrogen) atoms. The quantitative estimate of drug-likeness (QED) is 0.808. The zero-order valence-electron chi connectivity index (χ0n) is 11.5. The second-order valence-corrected chi connectivity index (χ2v) is 9.72. The third-order valence-electron chi connectivity index (χ3n) is 3.97. The molecule has 1 saturated carbocycles.